The number of sulfonamides is 1. The van der Waals surface area contributed by atoms with Crippen LogP contribution in [0.2, 0.25) is 5.02 Å². The average molecular weight is 366 g/mol. The van der Waals surface area contributed by atoms with Crippen molar-refractivity contribution in [2.75, 3.05) is 4.72 Å². The fourth-order valence-corrected chi connectivity index (χ4v) is 3.39. The van der Waals surface area contributed by atoms with Gasteiger partial charge in [0.1, 0.15) is 4.90 Å². The van der Waals surface area contributed by atoms with E-state index in [0.29, 0.717) is 23.8 Å². The first-order chi connectivity index (χ1) is 11.5. The molecule has 2 aromatic heterocycles. The molecule has 3 rings (SSSR count). The molecule has 0 atom stereocenters. The van der Waals surface area contributed by atoms with Crippen LogP contribution in [0.5, 0.6) is 0 Å². The Bertz CT molecular complexity index is 948. The first kappa shape index (κ1) is 16.5. The summed E-state index contributed by atoms with van der Waals surface area (Å²) in [6.07, 6.45) is 5.90. The third kappa shape index (κ3) is 3.77. The number of nitrogens with zero attached hydrogens (tertiary/aromatic N) is 4. The Morgan fingerprint density at radius 2 is 1.96 bits per heavy atom. The van der Waals surface area contributed by atoms with Crippen molar-refractivity contribution < 1.29 is 8.42 Å². The average Bonchev–Trinajstić information content (AvgIpc) is 3.16. The lowest BCUT2D eigenvalue weighted by molar-refractivity contribution is 0.600. The molecule has 1 N–H and O–H groups in total. The van der Waals surface area contributed by atoms with E-state index in [-0.39, 0.29) is 4.90 Å². The third-order valence-corrected chi connectivity index (χ3v) is 4.93. The maximum atomic E-state index is 12.3. The van der Waals surface area contributed by atoms with Gasteiger partial charge in [0.15, 0.2) is 0 Å². The summed E-state index contributed by atoms with van der Waals surface area (Å²) in [5.41, 5.74) is 1.37. The molecule has 0 radical (unpaired) electrons. The Morgan fingerprint density at radius 1 is 1.17 bits per heavy atom. The van der Waals surface area contributed by atoms with E-state index in [1.54, 1.807) is 21.6 Å². The van der Waals surface area contributed by atoms with Crippen LogP contribution in [-0.2, 0) is 23.1 Å². The van der Waals surface area contributed by atoms with Crippen molar-refractivity contribution >= 4 is 27.3 Å². The van der Waals surface area contributed by atoms with Gasteiger partial charge in [-0.1, -0.05) is 23.7 Å². The van der Waals surface area contributed by atoms with Crippen molar-refractivity contribution in [3.63, 3.8) is 0 Å². The Balaban J connectivity index is 1.73. The molecule has 0 aliphatic carbocycles. The van der Waals surface area contributed by atoms with E-state index in [9.17, 15) is 8.42 Å². The monoisotopic (exact) mass is 365 g/mol. The lowest BCUT2D eigenvalue weighted by Gasteiger charge is -2.03. The number of halogens is 1. The lowest BCUT2D eigenvalue weighted by Crippen LogP contribution is -2.12. The SMILES string of the molecule is CCn1cc(S(=O)(=O)Nc2cnn(Cc3cccc(Cl)c3)c2)cn1. The predicted molar refractivity (Wildman–Crippen MR) is 91.5 cm³/mol. The highest BCUT2D eigenvalue weighted by Gasteiger charge is 2.17. The maximum absolute atomic E-state index is 12.3. The molecule has 0 fully saturated rings. The van der Waals surface area contributed by atoms with Crippen molar-refractivity contribution in [1.82, 2.24) is 19.6 Å². The number of nitrogens with one attached hydrogen (secondary N) is 1. The molecule has 0 saturated heterocycles. The number of benzene rings is 1. The molecule has 0 aliphatic rings. The van der Waals surface area contributed by atoms with Crippen LogP contribution in [0, 0.1) is 0 Å². The topological polar surface area (TPSA) is 81.8 Å². The Morgan fingerprint density at radius 3 is 2.67 bits per heavy atom. The minimum absolute atomic E-state index is 0.118. The van der Waals surface area contributed by atoms with E-state index in [1.807, 2.05) is 25.1 Å². The second-order valence-electron chi connectivity index (χ2n) is 5.19. The van der Waals surface area contributed by atoms with E-state index >= 15 is 0 Å². The van der Waals surface area contributed by atoms with Gasteiger partial charge in [-0.15, -0.1) is 0 Å². The summed E-state index contributed by atoms with van der Waals surface area (Å²) in [7, 11) is -3.68. The molecule has 9 heteroatoms. The van der Waals surface area contributed by atoms with Crippen LogP contribution in [0.1, 0.15) is 12.5 Å². The number of rotatable bonds is 6. The zero-order valence-electron chi connectivity index (χ0n) is 12.9. The fraction of sp³-hybridized carbons (Fsp3) is 0.200. The van der Waals surface area contributed by atoms with Crippen LogP contribution in [-0.4, -0.2) is 28.0 Å². The summed E-state index contributed by atoms with van der Waals surface area (Å²) in [6, 6.07) is 7.42. The van der Waals surface area contributed by atoms with Crippen LogP contribution in [0.25, 0.3) is 0 Å². The van der Waals surface area contributed by atoms with Gasteiger partial charge in [0.25, 0.3) is 10.0 Å². The smallest absolute Gasteiger partial charge is 0.265 e. The van der Waals surface area contributed by atoms with Crippen LogP contribution in [0.15, 0.2) is 53.9 Å². The number of aryl methyl sites for hydroxylation is 1. The molecule has 0 saturated carbocycles. The number of aromatic nitrogens is 4. The van der Waals surface area contributed by atoms with Gasteiger partial charge in [-0.25, -0.2) is 8.42 Å². The number of anilines is 1. The van der Waals surface area contributed by atoms with Crippen molar-refractivity contribution in [2.45, 2.75) is 24.9 Å². The van der Waals surface area contributed by atoms with Crippen molar-refractivity contribution in [2.24, 2.45) is 0 Å². The minimum Gasteiger partial charge on any atom is -0.276 e. The molecule has 0 bridgehead atoms. The van der Waals surface area contributed by atoms with E-state index in [0.717, 1.165) is 5.56 Å². The molecular formula is C15H16ClN5O2S. The molecule has 126 valence electrons. The first-order valence-electron chi connectivity index (χ1n) is 7.28. The van der Waals surface area contributed by atoms with Crippen molar-refractivity contribution in [1.29, 1.82) is 0 Å². The first-order valence-corrected chi connectivity index (χ1v) is 9.14. The summed E-state index contributed by atoms with van der Waals surface area (Å²) in [4.78, 5) is 0.118. The van der Waals surface area contributed by atoms with Crippen molar-refractivity contribution in [3.05, 3.63) is 59.6 Å². The van der Waals surface area contributed by atoms with Crippen LogP contribution < -0.4 is 4.72 Å². The molecule has 0 amide bonds. The Hall–Kier alpha value is -2.32. The molecule has 0 unspecified atom stereocenters. The standard InChI is InChI=1S/C15H16ClN5O2S/c1-2-20-11-15(8-18-20)24(22,23)19-14-7-17-21(10-14)9-12-4-3-5-13(16)6-12/h3-8,10-11,19H,2,9H2,1H3. The molecule has 24 heavy (non-hydrogen) atoms. The Labute approximate surface area is 144 Å². The second-order valence-corrected chi connectivity index (χ2v) is 7.31. The summed E-state index contributed by atoms with van der Waals surface area (Å²) in [6.45, 7) is 2.99. The van der Waals surface area contributed by atoms with Gasteiger partial charge in [-0.2, -0.15) is 10.2 Å². The predicted octanol–water partition coefficient (Wildman–Crippen LogP) is 2.60. The van der Waals surface area contributed by atoms with Gasteiger partial charge < -0.3 is 0 Å². The highest BCUT2D eigenvalue weighted by atomic mass is 35.5. The highest BCUT2D eigenvalue weighted by Crippen LogP contribution is 2.16. The Kier molecular flexibility index (Phi) is 4.59. The number of hydrogen-bond donors (Lipinski definition) is 1. The van der Waals surface area contributed by atoms with Gasteiger partial charge in [0, 0.05) is 24.0 Å². The summed E-state index contributed by atoms with van der Waals surface area (Å²) >= 11 is 5.96. The zero-order valence-corrected chi connectivity index (χ0v) is 14.5. The molecule has 2 heterocycles. The minimum atomic E-state index is -3.68. The number of hydrogen-bond acceptors (Lipinski definition) is 4. The summed E-state index contributed by atoms with van der Waals surface area (Å²) < 4.78 is 30.3. The normalized spacial score (nSPS) is 11.6. The van der Waals surface area contributed by atoms with E-state index < -0.39 is 10.0 Å². The lowest BCUT2D eigenvalue weighted by atomic mass is 10.2. The molecule has 0 spiro atoms. The largest absolute Gasteiger partial charge is 0.276 e. The van der Waals surface area contributed by atoms with Gasteiger partial charge in [0.05, 0.1) is 24.6 Å². The summed E-state index contributed by atoms with van der Waals surface area (Å²) in [5, 5.41) is 8.79. The van der Waals surface area contributed by atoms with Crippen LogP contribution in [0.4, 0.5) is 5.69 Å². The summed E-state index contributed by atoms with van der Waals surface area (Å²) in [5.74, 6) is 0. The quantitative estimate of drug-likeness (QED) is 0.728. The van der Waals surface area contributed by atoms with Gasteiger partial charge >= 0.3 is 0 Å². The van der Waals surface area contributed by atoms with Gasteiger partial charge in [0.2, 0.25) is 0 Å². The highest BCUT2D eigenvalue weighted by molar-refractivity contribution is 7.92. The maximum Gasteiger partial charge on any atom is 0.265 e. The fourth-order valence-electron chi connectivity index (χ4n) is 2.20. The van der Waals surface area contributed by atoms with E-state index in [4.69, 9.17) is 11.6 Å². The molecule has 7 nitrogen and oxygen atoms in total. The van der Waals surface area contributed by atoms with Crippen LogP contribution in [0.3, 0.4) is 0 Å². The molecule has 3 aromatic rings. The van der Waals surface area contributed by atoms with E-state index in [1.165, 1.54) is 18.6 Å². The van der Waals surface area contributed by atoms with E-state index in [2.05, 4.69) is 14.9 Å². The van der Waals surface area contributed by atoms with Crippen molar-refractivity contribution in [3.8, 4) is 0 Å². The molecule has 0 aliphatic heterocycles. The molecule has 1 aromatic carbocycles. The second kappa shape index (κ2) is 6.66. The van der Waals surface area contributed by atoms with Gasteiger partial charge in [-0.3, -0.25) is 14.1 Å². The zero-order chi connectivity index (χ0) is 17.2. The van der Waals surface area contributed by atoms with Gasteiger partial charge in [-0.05, 0) is 24.6 Å². The van der Waals surface area contributed by atoms with Crippen LogP contribution >= 0.6 is 11.6 Å². The molecular weight excluding hydrogens is 350 g/mol. The third-order valence-electron chi connectivity index (χ3n) is 3.36.